The number of nitrogens with zero attached hydrogens (tertiary/aromatic N) is 3. The van der Waals surface area contributed by atoms with E-state index >= 15 is 0 Å². The molecule has 5 rings (SSSR count). The van der Waals surface area contributed by atoms with Crippen molar-refractivity contribution >= 4 is 40.3 Å². The average Bonchev–Trinajstić information content (AvgIpc) is 3.23. The Labute approximate surface area is 220 Å². The first kappa shape index (κ1) is 24.8. The molecule has 0 radical (unpaired) electrons. The fourth-order valence-corrected chi connectivity index (χ4v) is 5.62. The lowest BCUT2D eigenvalue weighted by Crippen LogP contribution is -2.40. The molecule has 2 fully saturated rings. The van der Waals surface area contributed by atoms with Gasteiger partial charge in [0.25, 0.3) is 11.6 Å². The van der Waals surface area contributed by atoms with Crippen LogP contribution in [0.25, 0.3) is 6.08 Å². The molecule has 1 amide bonds. The number of para-hydroxylation sites is 1. The molecular formula is C29H27N3O4S. The van der Waals surface area contributed by atoms with Crippen molar-refractivity contribution in [2.75, 3.05) is 0 Å². The maximum Gasteiger partial charge on any atom is 0.269 e. The van der Waals surface area contributed by atoms with Crippen molar-refractivity contribution in [1.82, 2.24) is 4.90 Å². The Morgan fingerprint density at radius 2 is 1.76 bits per heavy atom. The van der Waals surface area contributed by atoms with E-state index in [1.54, 1.807) is 12.1 Å². The number of rotatable bonds is 7. The Hall–Kier alpha value is -3.91. The van der Waals surface area contributed by atoms with E-state index in [-0.39, 0.29) is 24.2 Å². The second-order valence-electron chi connectivity index (χ2n) is 9.09. The van der Waals surface area contributed by atoms with E-state index in [9.17, 15) is 14.9 Å². The van der Waals surface area contributed by atoms with Crippen LogP contribution < -0.4 is 4.74 Å². The Bertz CT molecular complexity index is 1330. The third kappa shape index (κ3) is 6.09. The first-order chi connectivity index (χ1) is 18.1. The van der Waals surface area contributed by atoms with Gasteiger partial charge in [-0.15, -0.1) is 0 Å². The molecular weight excluding hydrogens is 486 g/mol. The standard InChI is InChI=1S/C29H27N3O4S/c33-28-27(37-29(30-23-9-3-1-4-10-23)31(28)24-11-5-2-6-12-24)19-22-8-7-13-26(18-22)36-20-21-14-16-25(17-15-21)32(34)35/h1,3-4,7-10,13-19,24H,2,5-6,11-12,20H2/b27-19-,30-29?. The SMILES string of the molecule is O=C1/C(=C/c2cccc(OCc3ccc([N+](=O)[O-])cc3)c2)SC(=Nc2ccccc2)N1C1CCCCC1. The minimum Gasteiger partial charge on any atom is -0.489 e. The highest BCUT2D eigenvalue weighted by Crippen LogP contribution is 2.38. The predicted molar refractivity (Wildman–Crippen MR) is 147 cm³/mol. The number of amides is 1. The first-order valence-corrected chi connectivity index (χ1v) is 13.2. The summed E-state index contributed by atoms with van der Waals surface area (Å²) in [6, 6.07) is 23.8. The highest BCUT2D eigenvalue weighted by atomic mass is 32.2. The molecule has 1 saturated carbocycles. The first-order valence-electron chi connectivity index (χ1n) is 12.4. The molecule has 0 N–H and O–H groups in total. The quantitative estimate of drug-likeness (QED) is 0.191. The van der Waals surface area contributed by atoms with E-state index in [1.807, 2.05) is 65.6 Å². The van der Waals surface area contributed by atoms with Crippen LogP contribution in [0.3, 0.4) is 0 Å². The second kappa shape index (κ2) is 11.4. The Morgan fingerprint density at radius 1 is 1.00 bits per heavy atom. The Balaban J connectivity index is 1.35. The van der Waals surface area contributed by atoms with E-state index in [2.05, 4.69) is 0 Å². The highest BCUT2D eigenvalue weighted by molar-refractivity contribution is 8.18. The van der Waals surface area contributed by atoms with Gasteiger partial charge in [-0.3, -0.25) is 19.8 Å². The molecule has 0 unspecified atom stereocenters. The van der Waals surface area contributed by atoms with Crippen LogP contribution in [0, 0.1) is 10.1 Å². The lowest BCUT2D eigenvalue weighted by molar-refractivity contribution is -0.384. The molecule has 0 bridgehead atoms. The zero-order chi connectivity index (χ0) is 25.6. The monoisotopic (exact) mass is 513 g/mol. The van der Waals surface area contributed by atoms with Gasteiger partial charge in [-0.1, -0.05) is 49.6 Å². The van der Waals surface area contributed by atoms with Gasteiger partial charge < -0.3 is 4.74 Å². The molecule has 2 aliphatic rings. The summed E-state index contributed by atoms with van der Waals surface area (Å²) in [6.07, 6.45) is 7.37. The summed E-state index contributed by atoms with van der Waals surface area (Å²) in [5.74, 6) is 0.661. The number of thioether (sulfide) groups is 1. The molecule has 3 aromatic carbocycles. The lowest BCUT2D eigenvalue weighted by Gasteiger charge is -2.30. The normalized spacial score (nSPS) is 18.5. The van der Waals surface area contributed by atoms with E-state index in [0.29, 0.717) is 10.7 Å². The average molecular weight is 514 g/mol. The van der Waals surface area contributed by atoms with Crippen LogP contribution in [0.4, 0.5) is 11.4 Å². The summed E-state index contributed by atoms with van der Waals surface area (Å²) < 4.78 is 5.92. The number of benzene rings is 3. The van der Waals surface area contributed by atoms with E-state index in [1.165, 1.54) is 30.3 Å². The van der Waals surface area contributed by atoms with Gasteiger partial charge in [0.2, 0.25) is 0 Å². The summed E-state index contributed by atoms with van der Waals surface area (Å²) >= 11 is 1.42. The number of ether oxygens (including phenoxy) is 1. The smallest absolute Gasteiger partial charge is 0.269 e. The maximum absolute atomic E-state index is 13.6. The molecule has 3 aromatic rings. The second-order valence-corrected chi connectivity index (χ2v) is 10.1. The molecule has 0 spiro atoms. The van der Waals surface area contributed by atoms with E-state index in [0.717, 1.165) is 47.7 Å². The van der Waals surface area contributed by atoms with E-state index < -0.39 is 4.92 Å². The third-order valence-electron chi connectivity index (χ3n) is 6.47. The van der Waals surface area contributed by atoms with Gasteiger partial charge in [-0.2, -0.15) is 0 Å². The van der Waals surface area contributed by atoms with E-state index in [4.69, 9.17) is 9.73 Å². The summed E-state index contributed by atoms with van der Waals surface area (Å²) in [6.45, 7) is 0.287. The molecule has 0 aromatic heterocycles. The van der Waals surface area contributed by atoms with Crippen molar-refractivity contribution < 1.29 is 14.5 Å². The minimum absolute atomic E-state index is 0.00350. The summed E-state index contributed by atoms with van der Waals surface area (Å²) in [7, 11) is 0. The minimum atomic E-state index is -0.421. The number of carbonyl (C=O) groups is 1. The van der Waals surface area contributed by atoms with Gasteiger partial charge in [0.15, 0.2) is 5.17 Å². The topological polar surface area (TPSA) is 85.0 Å². The highest BCUT2D eigenvalue weighted by Gasteiger charge is 2.38. The zero-order valence-electron chi connectivity index (χ0n) is 20.3. The van der Waals surface area contributed by atoms with Crippen molar-refractivity contribution in [1.29, 1.82) is 0 Å². The molecule has 37 heavy (non-hydrogen) atoms. The number of aliphatic imine (C=N–C) groups is 1. The van der Waals surface area contributed by atoms with Crippen LogP contribution in [0.5, 0.6) is 5.75 Å². The summed E-state index contributed by atoms with van der Waals surface area (Å²) in [5.41, 5.74) is 2.58. The molecule has 0 atom stereocenters. The van der Waals surface area contributed by atoms with Gasteiger partial charge in [0, 0.05) is 18.2 Å². The van der Waals surface area contributed by atoms with Crippen molar-refractivity contribution in [2.45, 2.75) is 44.8 Å². The number of hydrogen-bond acceptors (Lipinski definition) is 6. The molecule has 1 aliphatic heterocycles. The number of nitro groups is 1. The van der Waals surface area contributed by atoms with Gasteiger partial charge in [-0.05, 0) is 78.2 Å². The number of nitro benzene ring substituents is 1. The van der Waals surface area contributed by atoms with Crippen LogP contribution in [-0.4, -0.2) is 26.9 Å². The molecule has 1 heterocycles. The van der Waals surface area contributed by atoms with Crippen molar-refractivity contribution in [3.8, 4) is 5.75 Å². The van der Waals surface area contributed by atoms with Crippen LogP contribution in [0.15, 0.2) is 88.8 Å². The van der Waals surface area contributed by atoms with Gasteiger partial charge in [0.1, 0.15) is 12.4 Å². The van der Waals surface area contributed by atoms with Crippen molar-refractivity contribution in [3.05, 3.63) is 105 Å². The molecule has 1 saturated heterocycles. The van der Waals surface area contributed by atoms with Crippen molar-refractivity contribution in [2.24, 2.45) is 4.99 Å². The largest absolute Gasteiger partial charge is 0.489 e. The van der Waals surface area contributed by atoms with Gasteiger partial charge in [0.05, 0.1) is 15.5 Å². The lowest BCUT2D eigenvalue weighted by atomic mass is 9.94. The molecule has 188 valence electrons. The molecule has 1 aliphatic carbocycles. The summed E-state index contributed by atoms with van der Waals surface area (Å²) in [5, 5.41) is 11.6. The van der Waals surface area contributed by atoms with Crippen LogP contribution in [-0.2, 0) is 11.4 Å². The summed E-state index contributed by atoms with van der Waals surface area (Å²) in [4.78, 5) is 31.4. The Morgan fingerprint density at radius 3 is 2.49 bits per heavy atom. The number of amidine groups is 1. The molecule has 7 nitrogen and oxygen atoms in total. The number of carbonyl (C=O) groups excluding carboxylic acids is 1. The number of hydrogen-bond donors (Lipinski definition) is 0. The third-order valence-corrected chi connectivity index (χ3v) is 7.45. The van der Waals surface area contributed by atoms with Crippen LogP contribution >= 0.6 is 11.8 Å². The van der Waals surface area contributed by atoms with Crippen molar-refractivity contribution in [3.63, 3.8) is 0 Å². The Kier molecular flexibility index (Phi) is 7.65. The fourth-order valence-electron chi connectivity index (χ4n) is 4.56. The van der Waals surface area contributed by atoms with Crippen LogP contribution in [0.1, 0.15) is 43.2 Å². The van der Waals surface area contributed by atoms with Gasteiger partial charge in [-0.25, -0.2) is 4.99 Å². The van der Waals surface area contributed by atoms with Crippen LogP contribution in [0.2, 0.25) is 0 Å². The van der Waals surface area contributed by atoms with Gasteiger partial charge >= 0.3 is 0 Å². The maximum atomic E-state index is 13.6. The fraction of sp³-hybridized carbons (Fsp3) is 0.241. The number of non-ortho nitro benzene ring substituents is 1. The molecule has 8 heteroatoms. The zero-order valence-corrected chi connectivity index (χ0v) is 21.1. The predicted octanol–water partition coefficient (Wildman–Crippen LogP) is 7.11.